The SMILES string of the molecule is COc1ccc(CN2CCOc3nc(-c4cccc(NC(C)=O)c4)ncc3C2=O)cc1. The Bertz CT molecular complexity index is 1110. The zero-order valence-electron chi connectivity index (χ0n) is 17.3. The predicted octanol–water partition coefficient (Wildman–Crippen LogP) is 3.15. The van der Waals surface area contributed by atoms with Gasteiger partial charge >= 0.3 is 0 Å². The van der Waals surface area contributed by atoms with E-state index in [2.05, 4.69) is 15.3 Å². The number of nitrogens with one attached hydrogen (secondary N) is 1. The van der Waals surface area contributed by atoms with Gasteiger partial charge in [-0.1, -0.05) is 24.3 Å². The summed E-state index contributed by atoms with van der Waals surface area (Å²) in [5.74, 6) is 1.11. The first-order chi connectivity index (χ1) is 15.0. The molecule has 2 amide bonds. The summed E-state index contributed by atoms with van der Waals surface area (Å²) in [5, 5.41) is 2.74. The summed E-state index contributed by atoms with van der Waals surface area (Å²) >= 11 is 0. The fraction of sp³-hybridized carbons (Fsp3) is 0.217. The fourth-order valence-corrected chi connectivity index (χ4v) is 3.33. The van der Waals surface area contributed by atoms with Gasteiger partial charge in [-0.3, -0.25) is 9.59 Å². The first-order valence-electron chi connectivity index (χ1n) is 9.83. The van der Waals surface area contributed by atoms with Gasteiger partial charge in [0.2, 0.25) is 11.8 Å². The van der Waals surface area contributed by atoms with E-state index < -0.39 is 0 Å². The van der Waals surface area contributed by atoms with Gasteiger partial charge in [-0.2, -0.15) is 4.98 Å². The molecular weight excluding hydrogens is 396 g/mol. The van der Waals surface area contributed by atoms with E-state index in [4.69, 9.17) is 9.47 Å². The zero-order valence-corrected chi connectivity index (χ0v) is 17.3. The summed E-state index contributed by atoms with van der Waals surface area (Å²) in [5.41, 5.74) is 2.67. The Balaban J connectivity index is 1.57. The maximum atomic E-state index is 13.1. The van der Waals surface area contributed by atoms with Crippen molar-refractivity contribution in [3.63, 3.8) is 0 Å². The van der Waals surface area contributed by atoms with E-state index in [0.29, 0.717) is 42.3 Å². The minimum Gasteiger partial charge on any atom is -0.497 e. The first kappa shape index (κ1) is 20.3. The second-order valence-corrected chi connectivity index (χ2v) is 7.10. The van der Waals surface area contributed by atoms with Crippen LogP contribution in [0.3, 0.4) is 0 Å². The van der Waals surface area contributed by atoms with Crippen LogP contribution in [-0.2, 0) is 11.3 Å². The minimum absolute atomic E-state index is 0.161. The van der Waals surface area contributed by atoms with Gasteiger partial charge in [0.25, 0.3) is 5.91 Å². The molecule has 4 rings (SSSR count). The van der Waals surface area contributed by atoms with Gasteiger partial charge in [-0.05, 0) is 29.8 Å². The van der Waals surface area contributed by atoms with E-state index in [1.807, 2.05) is 30.3 Å². The third-order valence-corrected chi connectivity index (χ3v) is 4.85. The molecule has 3 aromatic rings. The topological polar surface area (TPSA) is 93.7 Å². The molecule has 0 atom stereocenters. The smallest absolute Gasteiger partial charge is 0.261 e. The normalized spacial score (nSPS) is 13.1. The lowest BCUT2D eigenvalue weighted by molar-refractivity contribution is -0.114. The van der Waals surface area contributed by atoms with Gasteiger partial charge in [0, 0.05) is 30.9 Å². The predicted molar refractivity (Wildman–Crippen MR) is 115 cm³/mol. The quantitative estimate of drug-likeness (QED) is 0.684. The molecular formula is C23H22N4O4. The molecule has 31 heavy (non-hydrogen) atoms. The number of carbonyl (C=O) groups is 2. The second-order valence-electron chi connectivity index (χ2n) is 7.10. The lowest BCUT2D eigenvalue weighted by atomic mass is 10.1. The molecule has 0 bridgehead atoms. The van der Waals surface area contributed by atoms with Crippen LogP contribution >= 0.6 is 0 Å². The maximum Gasteiger partial charge on any atom is 0.261 e. The number of nitrogens with zero attached hydrogens (tertiary/aromatic N) is 3. The standard InChI is InChI=1S/C23H22N4O4/c1-15(28)25-18-5-3-4-17(12-18)21-24-13-20-22(26-21)31-11-10-27(23(20)29)14-16-6-8-19(30-2)9-7-16/h3-9,12-13H,10-11,14H2,1-2H3,(H,25,28). The lowest BCUT2D eigenvalue weighted by Crippen LogP contribution is -2.31. The molecule has 158 valence electrons. The molecule has 8 heteroatoms. The highest BCUT2D eigenvalue weighted by atomic mass is 16.5. The summed E-state index contributed by atoms with van der Waals surface area (Å²) in [6.45, 7) is 2.67. The Morgan fingerprint density at radius 2 is 2.03 bits per heavy atom. The zero-order chi connectivity index (χ0) is 21.8. The highest BCUT2D eigenvalue weighted by Gasteiger charge is 2.26. The Morgan fingerprint density at radius 1 is 1.23 bits per heavy atom. The molecule has 0 radical (unpaired) electrons. The van der Waals surface area contributed by atoms with E-state index in [1.54, 1.807) is 30.2 Å². The van der Waals surface area contributed by atoms with Crippen molar-refractivity contribution in [1.82, 2.24) is 14.9 Å². The van der Waals surface area contributed by atoms with Gasteiger partial charge in [-0.15, -0.1) is 0 Å². The van der Waals surface area contributed by atoms with Crippen LogP contribution in [0.4, 0.5) is 5.69 Å². The molecule has 0 fully saturated rings. The largest absolute Gasteiger partial charge is 0.497 e. The number of methoxy groups -OCH3 is 1. The first-order valence-corrected chi connectivity index (χ1v) is 9.83. The summed E-state index contributed by atoms with van der Waals surface area (Å²) in [7, 11) is 1.62. The van der Waals surface area contributed by atoms with Crippen molar-refractivity contribution in [3.8, 4) is 23.0 Å². The van der Waals surface area contributed by atoms with Crippen LogP contribution in [-0.4, -0.2) is 46.9 Å². The van der Waals surface area contributed by atoms with Crippen LogP contribution in [0.1, 0.15) is 22.8 Å². The Kier molecular flexibility index (Phi) is 5.79. The molecule has 1 aliphatic heterocycles. The van der Waals surface area contributed by atoms with Crippen LogP contribution in [0.2, 0.25) is 0 Å². The van der Waals surface area contributed by atoms with Crippen molar-refractivity contribution >= 4 is 17.5 Å². The highest BCUT2D eigenvalue weighted by molar-refractivity contribution is 5.96. The number of ether oxygens (including phenoxy) is 2. The van der Waals surface area contributed by atoms with Gasteiger partial charge in [0.05, 0.1) is 13.7 Å². The highest BCUT2D eigenvalue weighted by Crippen LogP contribution is 2.26. The number of carbonyl (C=O) groups excluding carboxylic acids is 2. The molecule has 1 N–H and O–H groups in total. The van der Waals surface area contributed by atoms with Crippen molar-refractivity contribution in [2.45, 2.75) is 13.5 Å². The number of hydrogen-bond donors (Lipinski definition) is 1. The van der Waals surface area contributed by atoms with Gasteiger partial charge < -0.3 is 19.7 Å². The summed E-state index contributed by atoms with van der Waals surface area (Å²) in [6, 6.07) is 14.8. The molecule has 2 aromatic carbocycles. The summed E-state index contributed by atoms with van der Waals surface area (Å²) in [6.07, 6.45) is 1.50. The molecule has 1 aliphatic rings. The van der Waals surface area contributed by atoms with Crippen molar-refractivity contribution in [2.75, 3.05) is 25.6 Å². The van der Waals surface area contributed by atoms with Crippen LogP contribution in [0.25, 0.3) is 11.4 Å². The number of benzene rings is 2. The Hall–Kier alpha value is -3.94. The summed E-state index contributed by atoms with van der Waals surface area (Å²) in [4.78, 5) is 34.9. The molecule has 0 saturated heterocycles. The maximum absolute atomic E-state index is 13.1. The van der Waals surface area contributed by atoms with Crippen LogP contribution in [0.15, 0.2) is 54.7 Å². The van der Waals surface area contributed by atoms with E-state index in [9.17, 15) is 9.59 Å². The van der Waals surface area contributed by atoms with Gasteiger partial charge in [0.15, 0.2) is 5.82 Å². The molecule has 8 nitrogen and oxygen atoms in total. The molecule has 2 heterocycles. The number of rotatable bonds is 5. The second kappa shape index (κ2) is 8.83. The fourth-order valence-electron chi connectivity index (χ4n) is 3.33. The average molecular weight is 418 g/mol. The van der Waals surface area contributed by atoms with Crippen molar-refractivity contribution in [3.05, 3.63) is 65.9 Å². The lowest BCUT2D eigenvalue weighted by Gasteiger charge is -2.19. The van der Waals surface area contributed by atoms with Crippen LogP contribution < -0.4 is 14.8 Å². The minimum atomic E-state index is -0.179. The van der Waals surface area contributed by atoms with E-state index in [0.717, 1.165) is 11.3 Å². The molecule has 0 spiro atoms. The van der Waals surface area contributed by atoms with E-state index in [-0.39, 0.29) is 17.7 Å². The number of fused-ring (bicyclic) bond motifs is 1. The molecule has 0 aliphatic carbocycles. The van der Waals surface area contributed by atoms with E-state index >= 15 is 0 Å². The number of aromatic nitrogens is 2. The molecule has 0 saturated carbocycles. The Labute approximate surface area is 179 Å². The monoisotopic (exact) mass is 418 g/mol. The van der Waals surface area contributed by atoms with Crippen molar-refractivity contribution in [2.24, 2.45) is 0 Å². The number of amides is 2. The van der Waals surface area contributed by atoms with Crippen LogP contribution in [0, 0.1) is 0 Å². The molecule has 1 aromatic heterocycles. The van der Waals surface area contributed by atoms with Gasteiger partial charge in [0.1, 0.15) is 17.9 Å². The molecule has 0 unspecified atom stereocenters. The van der Waals surface area contributed by atoms with Crippen LogP contribution in [0.5, 0.6) is 11.6 Å². The third-order valence-electron chi connectivity index (χ3n) is 4.85. The third kappa shape index (κ3) is 4.63. The van der Waals surface area contributed by atoms with Gasteiger partial charge in [-0.25, -0.2) is 4.98 Å². The van der Waals surface area contributed by atoms with E-state index in [1.165, 1.54) is 13.1 Å². The average Bonchev–Trinajstić information content (AvgIpc) is 2.92. The summed E-state index contributed by atoms with van der Waals surface area (Å²) < 4.78 is 11.0. The Morgan fingerprint density at radius 3 is 2.77 bits per heavy atom. The number of hydrogen-bond acceptors (Lipinski definition) is 6. The van der Waals surface area contributed by atoms with Crippen molar-refractivity contribution in [1.29, 1.82) is 0 Å². The number of anilines is 1. The van der Waals surface area contributed by atoms with Crippen molar-refractivity contribution < 1.29 is 19.1 Å².